The summed E-state index contributed by atoms with van der Waals surface area (Å²) in [7, 11) is -16.4. The number of fused-ring (bicyclic) bond motifs is 1. The van der Waals surface area contributed by atoms with Gasteiger partial charge in [-0.15, -0.1) is 0 Å². The number of carbonyl (C=O) groups excluding carboxylic acids is 1. The van der Waals surface area contributed by atoms with Crippen molar-refractivity contribution >= 4 is 52.2 Å². The molecule has 5 heterocycles. The number of rotatable bonds is 13. The van der Waals surface area contributed by atoms with E-state index in [4.69, 9.17) is 20.9 Å². The molecule has 0 aliphatic carbocycles. The molecule has 2 aliphatic heterocycles. The van der Waals surface area contributed by atoms with E-state index < -0.39 is 91.0 Å². The molecule has 0 spiro atoms. The number of primary amides is 1. The number of nitrogen functional groups attached to an aromatic ring is 1. The molecule has 2 aliphatic rings. The summed E-state index contributed by atoms with van der Waals surface area (Å²) in [6.07, 6.45) is -5.28. The third-order valence-electron chi connectivity index (χ3n) is 6.64. The van der Waals surface area contributed by atoms with Crippen LogP contribution in [0.4, 0.5) is 5.82 Å². The minimum absolute atomic E-state index is 0.0295. The minimum Gasteiger partial charge on any atom is -0.467 e. The molecule has 11 N–H and O–H groups in total. The number of nitrogens with two attached hydrogens (primary N) is 2. The first-order valence-electron chi connectivity index (χ1n) is 13.1. The molecule has 3 aromatic heterocycles. The van der Waals surface area contributed by atoms with Gasteiger partial charge in [-0.2, -0.15) is 8.88 Å². The molecule has 8 atom stereocenters. The number of hydrogen-bond acceptors (Lipinski definition) is 17. The largest absolute Gasteiger partial charge is 0.524 e. The number of hydrogen-bond donors (Lipinski definition) is 9. The van der Waals surface area contributed by atoms with Crippen molar-refractivity contribution in [1.29, 1.82) is 0 Å². The number of aliphatic hydroxyl groups is 3. The van der Waals surface area contributed by atoms with Crippen LogP contribution in [-0.4, -0.2) is 104 Å². The molecule has 1 saturated heterocycles. The fourth-order valence-electron chi connectivity index (χ4n) is 4.51. The zero-order valence-corrected chi connectivity index (χ0v) is 26.5. The fourth-order valence-corrected chi connectivity index (χ4v) is 7.04. The lowest BCUT2D eigenvalue weighted by atomic mass is 10.1. The molecule has 0 aromatic carbocycles. The third-order valence-corrected chi connectivity index (χ3v) is 9.68. The van der Waals surface area contributed by atoms with Crippen LogP contribution in [0.3, 0.4) is 0 Å². The van der Waals surface area contributed by atoms with Gasteiger partial charge in [0.15, 0.2) is 47.7 Å². The van der Waals surface area contributed by atoms with Gasteiger partial charge in [-0.25, -0.2) is 33.2 Å². The first-order valence-corrected chi connectivity index (χ1v) is 17.6. The summed E-state index contributed by atoms with van der Waals surface area (Å²) in [5, 5.41) is 31.5. The molecule has 5 rings (SSSR count). The monoisotopic (exact) mass is 742 g/mol. The van der Waals surface area contributed by atoms with Crippen molar-refractivity contribution in [3.63, 3.8) is 0 Å². The molecule has 0 bridgehead atoms. The highest BCUT2D eigenvalue weighted by Gasteiger charge is 2.50. The maximum atomic E-state index is 12.5. The Hall–Kier alpha value is -3.44. The van der Waals surface area contributed by atoms with E-state index in [1.807, 2.05) is 0 Å². The normalized spacial score (nSPS) is 27.1. The summed E-state index contributed by atoms with van der Waals surface area (Å²) in [6, 6.07) is 2.78. The Labute approximate surface area is 267 Å². The highest BCUT2D eigenvalue weighted by Crippen LogP contribution is 2.61. The summed E-state index contributed by atoms with van der Waals surface area (Å²) in [4.78, 5) is 62.0. The van der Waals surface area contributed by atoms with Crippen molar-refractivity contribution in [3.05, 3.63) is 48.5 Å². The number of anilines is 1. The van der Waals surface area contributed by atoms with Crippen molar-refractivity contribution in [2.75, 3.05) is 18.9 Å². The number of carbonyl (C=O) groups is 1. The van der Waals surface area contributed by atoms with Gasteiger partial charge in [-0.1, -0.05) is 0 Å². The number of amides is 1. The number of pyridine rings is 1. The Morgan fingerprint density at radius 1 is 1.00 bits per heavy atom. The fraction of sp³-hybridized carbons (Fsp3) is 0.381. The average molecular weight is 742 g/mol. The number of phosphoric acid groups is 3. The van der Waals surface area contributed by atoms with Crippen LogP contribution in [0.2, 0.25) is 0 Å². The van der Waals surface area contributed by atoms with Crippen LogP contribution in [-0.2, 0) is 41.1 Å². The Bertz CT molecular complexity index is 1890. The molecular weight excluding hydrogens is 715 g/mol. The molecule has 0 saturated carbocycles. The zero-order valence-electron chi connectivity index (χ0n) is 23.8. The molecular formula is C21H27N7O17P3+. The summed E-state index contributed by atoms with van der Waals surface area (Å²) < 4.78 is 67.9. The summed E-state index contributed by atoms with van der Waals surface area (Å²) >= 11 is 0. The van der Waals surface area contributed by atoms with E-state index in [2.05, 4.69) is 32.8 Å². The van der Waals surface area contributed by atoms with Gasteiger partial charge in [0, 0.05) is 6.07 Å². The molecule has 48 heavy (non-hydrogen) atoms. The Balaban J connectivity index is 1.22. The van der Waals surface area contributed by atoms with Crippen LogP contribution >= 0.6 is 23.5 Å². The SMILES string of the molecule is NC(=O)c1ccc[n+]([C@H]2O[C@@H](COP(=O)(O)OP(=O)(O)OC[C@@H]3OC(n4cnc5c(N)ncnc54)=C(OP(=O)(O)O)[C@@H]3O)[C@H](O)[C@@H]2O)c1. The van der Waals surface area contributed by atoms with Gasteiger partial charge < -0.3 is 50.6 Å². The van der Waals surface area contributed by atoms with E-state index in [1.54, 1.807) is 0 Å². The predicted octanol–water partition coefficient (Wildman–Crippen LogP) is -2.64. The van der Waals surface area contributed by atoms with Crippen LogP contribution in [0, 0.1) is 0 Å². The van der Waals surface area contributed by atoms with Crippen LogP contribution in [0.25, 0.3) is 17.0 Å². The topological polar surface area (TPSA) is 365 Å². The van der Waals surface area contributed by atoms with E-state index in [1.165, 1.54) is 29.1 Å². The van der Waals surface area contributed by atoms with Gasteiger partial charge in [0.05, 0.1) is 13.2 Å². The van der Waals surface area contributed by atoms with E-state index in [9.17, 15) is 53.4 Å². The van der Waals surface area contributed by atoms with E-state index in [-0.39, 0.29) is 22.5 Å². The van der Waals surface area contributed by atoms with Gasteiger partial charge in [-0.3, -0.25) is 23.6 Å². The van der Waals surface area contributed by atoms with Crippen molar-refractivity contribution in [2.45, 2.75) is 36.7 Å². The molecule has 1 fully saturated rings. The lowest BCUT2D eigenvalue weighted by molar-refractivity contribution is -0.765. The van der Waals surface area contributed by atoms with Gasteiger partial charge in [0.25, 0.3) is 12.1 Å². The number of ether oxygens (including phenoxy) is 2. The number of nitrogens with zero attached hydrogens (tertiary/aromatic N) is 5. The second kappa shape index (κ2) is 13.5. The third kappa shape index (κ3) is 7.88. The van der Waals surface area contributed by atoms with Crippen molar-refractivity contribution < 1.29 is 85.3 Å². The lowest BCUT2D eigenvalue weighted by Gasteiger charge is -2.20. The van der Waals surface area contributed by atoms with Crippen molar-refractivity contribution in [2.24, 2.45) is 5.73 Å². The molecule has 1 amide bonds. The maximum absolute atomic E-state index is 12.5. The highest BCUT2D eigenvalue weighted by atomic mass is 31.3. The maximum Gasteiger partial charge on any atom is 0.524 e. The van der Waals surface area contributed by atoms with E-state index >= 15 is 0 Å². The molecule has 24 nitrogen and oxygen atoms in total. The Morgan fingerprint density at radius 3 is 2.31 bits per heavy atom. The number of aromatic nitrogens is 5. The van der Waals surface area contributed by atoms with Crippen molar-refractivity contribution in [3.8, 4) is 0 Å². The highest BCUT2D eigenvalue weighted by molar-refractivity contribution is 7.61. The summed E-state index contributed by atoms with van der Waals surface area (Å²) in [5.74, 6) is -2.32. The molecule has 27 heteroatoms. The Morgan fingerprint density at radius 2 is 1.67 bits per heavy atom. The van der Waals surface area contributed by atoms with Gasteiger partial charge in [0.2, 0.25) is 11.6 Å². The summed E-state index contributed by atoms with van der Waals surface area (Å²) in [6.45, 7) is -2.08. The molecule has 2 unspecified atom stereocenters. The second-order valence-corrected chi connectivity index (χ2v) is 14.2. The number of aliphatic hydroxyl groups excluding tert-OH is 3. The first kappa shape index (κ1) is 35.9. The minimum atomic E-state index is -5.54. The summed E-state index contributed by atoms with van der Waals surface area (Å²) in [5.41, 5.74) is 11.0. The molecule has 262 valence electrons. The average Bonchev–Trinajstić information content (AvgIpc) is 3.64. The predicted molar refractivity (Wildman–Crippen MR) is 151 cm³/mol. The second-order valence-electron chi connectivity index (χ2n) is 9.96. The quantitative estimate of drug-likeness (QED) is 0.0638. The van der Waals surface area contributed by atoms with Gasteiger partial charge in [-0.05, 0) is 6.07 Å². The smallest absolute Gasteiger partial charge is 0.467 e. The van der Waals surface area contributed by atoms with Crippen molar-refractivity contribution in [1.82, 2.24) is 19.5 Å². The zero-order chi connectivity index (χ0) is 35.2. The molecule has 0 radical (unpaired) electrons. The first-order chi connectivity index (χ1) is 22.4. The number of phosphoric ester groups is 3. The van der Waals surface area contributed by atoms with Crippen LogP contribution in [0.5, 0.6) is 0 Å². The van der Waals surface area contributed by atoms with Gasteiger partial charge in [0.1, 0.15) is 30.4 Å². The lowest BCUT2D eigenvalue weighted by Crippen LogP contribution is -2.46. The Kier molecular flexibility index (Phi) is 10.1. The van der Waals surface area contributed by atoms with Crippen LogP contribution < -0.4 is 16.0 Å². The molecule has 3 aromatic rings. The number of imidazole rings is 1. The van der Waals surface area contributed by atoms with Crippen LogP contribution in [0.1, 0.15) is 16.6 Å². The standard InChI is InChI=1S/C21H26N7O17P3/c22-17-12-19(25-7-24-17)28(8-26-12)21-16(44-46(33,34)35)14(30)11(43-21)6-41-48(38,39)45-47(36,37)40-5-10-13(29)15(31)20(42-10)27-3-1-2-9(4-27)18(23)32/h1-4,7-8,10-11,13-15,20,29-31H,5-6H2,(H7-,22,23,24,25,32,33,34,35,36,37,38,39)/p+1/t10-,11-,13-,14+,15-,20-/m0/s1. The van der Waals surface area contributed by atoms with Gasteiger partial charge >= 0.3 is 23.5 Å². The van der Waals surface area contributed by atoms with Crippen LogP contribution in [0.15, 0.2) is 42.9 Å². The van der Waals surface area contributed by atoms with E-state index in [0.717, 1.165) is 17.2 Å². The van der Waals surface area contributed by atoms with E-state index in [0.29, 0.717) is 0 Å².